The van der Waals surface area contributed by atoms with Gasteiger partial charge in [-0.25, -0.2) is 4.79 Å². The lowest BCUT2D eigenvalue weighted by atomic mass is 9.99. The van der Waals surface area contributed by atoms with Crippen LogP contribution in [0.15, 0.2) is 78.9 Å². The summed E-state index contributed by atoms with van der Waals surface area (Å²) >= 11 is 6.11. The maximum atomic E-state index is 12.5. The molecule has 0 heterocycles. The number of esters is 1. The van der Waals surface area contributed by atoms with E-state index in [9.17, 15) is 9.59 Å². The number of carbonyl (C=O) groups is 2. The summed E-state index contributed by atoms with van der Waals surface area (Å²) in [5.74, 6) is -0.388. The fourth-order valence-corrected chi connectivity index (χ4v) is 3.62. The molecule has 0 saturated carbocycles. The van der Waals surface area contributed by atoms with Crippen molar-refractivity contribution in [1.82, 2.24) is 5.32 Å². The summed E-state index contributed by atoms with van der Waals surface area (Å²) in [6, 6.07) is 24.6. The SMILES string of the molecule is CC(C)(C)OC(=O)NC(CC(=O)OCc1ccccc1)Cc1ccc(-c2cccc(Cl)c2)cc1. The zero-order valence-electron chi connectivity index (χ0n) is 19.7. The first-order valence-corrected chi connectivity index (χ1v) is 11.6. The molecule has 1 N–H and O–H groups in total. The highest BCUT2D eigenvalue weighted by atomic mass is 35.5. The molecule has 34 heavy (non-hydrogen) atoms. The molecule has 0 bridgehead atoms. The van der Waals surface area contributed by atoms with Crippen molar-refractivity contribution >= 4 is 23.7 Å². The predicted molar refractivity (Wildman–Crippen MR) is 135 cm³/mol. The number of amides is 1. The molecule has 0 radical (unpaired) electrons. The number of nitrogens with one attached hydrogen (secondary N) is 1. The Kier molecular flexibility index (Phi) is 8.72. The van der Waals surface area contributed by atoms with Crippen LogP contribution >= 0.6 is 11.6 Å². The number of benzene rings is 3. The summed E-state index contributed by atoms with van der Waals surface area (Å²) in [6.45, 7) is 5.58. The normalized spacial score (nSPS) is 12.0. The zero-order valence-corrected chi connectivity index (χ0v) is 20.5. The van der Waals surface area contributed by atoms with Gasteiger partial charge in [0.15, 0.2) is 0 Å². The lowest BCUT2D eigenvalue weighted by Gasteiger charge is -2.23. The highest BCUT2D eigenvalue weighted by Crippen LogP contribution is 2.23. The molecule has 0 aliphatic heterocycles. The number of halogens is 1. The molecule has 0 fully saturated rings. The molecule has 0 aliphatic carbocycles. The number of alkyl carbamates (subject to hydrolysis) is 1. The average Bonchev–Trinajstić information content (AvgIpc) is 2.77. The van der Waals surface area contributed by atoms with Gasteiger partial charge < -0.3 is 14.8 Å². The van der Waals surface area contributed by atoms with Crippen molar-refractivity contribution in [2.75, 3.05) is 0 Å². The summed E-state index contributed by atoms with van der Waals surface area (Å²) in [6.07, 6.45) is -0.0821. The Hall–Kier alpha value is -3.31. The number of hydrogen-bond donors (Lipinski definition) is 1. The zero-order chi connectivity index (χ0) is 24.6. The second kappa shape index (κ2) is 11.7. The molecule has 1 amide bonds. The predicted octanol–water partition coefficient (Wildman–Crippen LogP) is 6.58. The Morgan fingerprint density at radius 1 is 0.882 bits per heavy atom. The van der Waals surface area contributed by atoms with Gasteiger partial charge in [-0.15, -0.1) is 0 Å². The summed E-state index contributed by atoms with van der Waals surface area (Å²) in [4.78, 5) is 24.9. The molecule has 1 unspecified atom stereocenters. The third-order valence-corrected chi connectivity index (χ3v) is 5.21. The molecule has 3 rings (SSSR count). The van der Waals surface area contributed by atoms with Gasteiger partial charge in [0.05, 0.1) is 6.42 Å². The van der Waals surface area contributed by atoms with E-state index in [1.54, 1.807) is 20.8 Å². The Morgan fingerprint density at radius 2 is 1.59 bits per heavy atom. The van der Waals surface area contributed by atoms with E-state index in [0.29, 0.717) is 11.4 Å². The van der Waals surface area contributed by atoms with E-state index in [4.69, 9.17) is 21.1 Å². The molecule has 6 heteroatoms. The monoisotopic (exact) mass is 479 g/mol. The molecule has 5 nitrogen and oxygen atoms in total. The van der Waals surface area contributed by atoms with Gasteiger partial charge in [0.2, 0.25) is 0 Å². The second-order valence-corrected chi connectivity index (χ2v) is 9.54. The summed E-state index contributed by atoms with van der Waals surface area (Å²) in [5.41, 5.74) is 3.30. The third-order valence-electron chi connectivity index (χ3n) is 4.97. The van der Waals surface area contributed by atoms with Crippen molar-refractivity contribution in [1.29, 1.82) is 0 Å². The van der Waals surface area contributed by atoms with Crippen LogP contribution in [0.3, 0.4) is 0 Å². The van der Waals surface area contributed by atoms with Crippen molar-refractivity contribution in [3.05, 3.63) is 95.0 Å². The average molecular weight is 480 g/mol. The van der Waals surface area contributed by atoms with E-state index in [0.717, 1.165) is 22.3 Å². The van der Waals surface area contributed by atoms with E-state index in [1.807, 2.05) is 78.9 Å². The summed E-state index contributed by atoms with van der Waals surface area (Å²) < 4.78 is 10.8. The summed E-state index contributed by atoms with van der Waals surface area (Å²) in [5, 5.41) is 3.50. The van der Waals surface area contributed by atoms with Crippen molar-refractivity contribution in [3.8, 4) is 11.1 Å². The Balaban J connectivity index is 1.67. The van der Waals surface area contributed by atoms with Crippen LogP contribution in [0.4, 0.5) is 4.79 Å². The van der Waals surface area contributed by atoms with Gasteiger partial charge in [0.1, 0.15) is 12.2 Å². The van der Waals surface area contributed by atoms with E-state index < -0.39 is 17.7 Å². The minimum absolute atomic E-state index is 0.0299. The van der Waals surface area contributed by atoms with Gasteiger partial charge in [-0.1, -0.05) is 78.3 Å². The van der Waals surface area contributed by atoms with Crippen LogP contribution in [-0.2, 0) is 27.3 Å². The standard InChI is InChI=1S/C28H30ClNO4/c1-28(2,3)34-27(32)30-25(18-26(31)33-19-21-8-5-4-6-9-21)16-20-12-14-22(15-13-20)23-10-7-11-24(29)17-23/h4-15,17,25H,16,18-19H2,1-3H3,(H,30,32). The van der Waals surface area contributed by atoms with Crippen LogP contribution in [0.2, 0.25) is 5.02 Å². The van der Waals surface area contributed by atoms with Crippen molar-refractivity contribution in [3.63, 3.8) is 0 Å². The molecule has 0 aromatic heterocycles. The smallest absolute Gasteiger partial charge is 0.407 e. The maximum Gasteiger partial charge on any atom is 0.407 e. The Labute approximate surface area is 206 Å². The van der Waals surface area contributed by atoms with Crippen LogP contribution in [-0.4, -0.2) is 23.7 Å². The van der Waals surface area contributed by atoms with Gasteiger partial charge in [0, 0.05) is 11.1 Å². The van der Waals surface area contributed by atoms with Gasteiger partial charge in [-0.05, 0) is 61.6 Å². The molecular weight excluding hydrogens is 450 g/mol. The van der Waals surface area contributed by atoms with Crippen LogP contribution in [0.25, 0.3) is 11.1 Å². The first kappa shape index (κ1) is 25.3. The van der Waals surface area contributed by atoms with E-state index in [2.05, 4.69) is 5.32 Å². The number of rotatable bonds is 8. The highest BCUT2D eigenvalue weighted by molar-refractivity contribution is 6.30. The quantitative estimate of drug-likeness (QED) is 0.371. The maximum absolute atomic E-state index is 12.5. The van der Waals surface area contributed by atoms with Crippen LogP contribution in [0.1, 0.15) is 38.3 Å². The number of ether oxygens (including phenoxy) is 2. The molecule has 178 valence electrons. The lowest BCUT2D eigenvalue weighted by Crippen LogP contribution is -2.41. The van der Waals surface area contributed by atoms with Crippen molar-refractivity contribution in [2.24, 2.45) is 0 Å². The first-order valence-electron chi connectivity index (χ1n) is 11.2. The molecule has 0 aliphatic rings. The van der Waals surface area contributed by atoms with Crippen molar-refractivity contribution < 1.29 is 19.1 Å². The van der Waals surface area contributed by atoms with Crippen molar-refractivity contribution in [2.45, 2.75) is 51.9 Å². The van der Waals surface area contributed by atoms with Gasteiger partial charge in [-0.2, -0.15) is 0 Å². The minimum Gasteiger partial charge on any atom is -0.461 e. The highest BCUT2D eigenvalue weighted by Gasteiger charge is 2.22. The molecule has 0 spiro atoms. The van der Waals surface area contributed by atoms with Crippen LogP contribution in [0, 0.1) is 0 Å². The fraction of sp³-hybridized carbons (Fsp3) is 0.286. The van der Waals surface area contributed by atoms with Gasteiger partial charge in [0.25, 0.3) is 0 Å². The van der Waals surface area contributed by atoms with Gasteiger partial charge in [-0.3, -0.25) is 4.79 Å². The largest absolute Gasteiger partial charge is 0.461 e. The van der Waals surface area contributed by atoms with E-state index in [1.165, 1.54) is 0 Å². The molecule has 3 aromatic rings. The Bertz CT molecular complexity index is 1090. The van der Waals surface area contributed by atoms with Crippen LogP contribution < -0.4 is 5.32 Å². The fourth-order valence-electron chi connectivity index (χ4n) is 3.43. The molecule has 1 atom stereocenters. The lowest BCUT2D eigenvalue weighted by molar-refractivity contribution is -0.145. The third kappa shape index (κ3) is 8.56. The van der Waals surface area contributed by atoms with Gasteiger partial charge >= 0.3 is 12.1 Å². The minimum atomic E-state index is -0.638. The molecular formula is C28H30ClNO4. The first-order chi connectivity index (χ1) is 16.2. The molecule has 3 aromatic carbocycles. The van der Waals surface area contributed by atoms with E-state index in [-0.39, 0.29) is 19.0 Å². The topological polar surface area (TPSA) is 64.6 Å². The summed E-state index contributed by atoms with van der Waals surface area (Å²) in [7, 11) is 0. The second-order valence-electron chi connectivity index (χ2n) is 9.10. The van der Waals surface area contributed by atoms with Crippen LogP contribution in [0.5, 0.6) is 0 Å². The van der Waals surface area contributed by atoms with E-state index >= 15 is 0 Å². The number of hydrogen-bond acceptors (Lipinski definition) is 4. The molecule has 0 saturated heterocycles. The number of carbonyl (C=O) groups excluding carboxylic acids is 2. The Morgan fingerprint density at radius 3 is 2.24 bits per heavy atom.